The molecule has 0 spiro atoms. The summed E-state index contributed by atoms with van der Waals surface area (Å²) >= 11 is 0. The fourth-order valence-electron chi connectivity index (χ4n) is 5.51. The summed E-state index contributed by atoms with van der Waals surface area (Å²) in [5.41, 5.74) is 0.792. The molecule has 7 heteroatoms. The van der Waals surface area contributed by atoms with E-state index in [-0.39, 0.29) is 5.91 Å². The number of anilines is 2. The third kappa shape index (κ3) is 5.46. The summed E-state index contributed by atoms with van der Waals surface area (Å²) in [6.07, 6.45) is 10.3. The zero-order valence-corrected chi connectivity index (χ0v) is 19.5. The largest absolute Gasteiger partial charge is 0.356 e. The summed E-state index contributed by atoms with van der Waals surface area (Å²) in [5, 5.41) is 3.59. The molecule has 2 unspecified atom stereocenters. The first-order valence-electron chi connectivity index (χ1n) is 12.7. The maximum Gasteiger partial charge on any atom is 0.253 e. The number of rotatable bonds is 5. The van der Waals surface area contributed by atoms with Crippen LogP contribution in [0.15, 0.2) is 42.6 Å². The Morgan fingerprint density at radius 2 is 1.70 bits per heavy atom. The van der Waals surface area contributed by atoms with E-state index in [4.69, 9.17) is 4.98 Å². The van der Waals surface area contributed by atoms with Gasteiger partial charge in [0, 0.05) is 63.1 Å². The Kier molecular flexibility index (Phi) is 7.05. The summed E-state index contributed by atoms with van der Waals surface area (Å²) in [5.74, 6) is 1.95. The number of benzene rings is 1. The number of hydrogen-bond donors (Lipinski definition) is 1. The van der Waals surface area contributed by atoms with Gasteiger partial charge < -0.3 is 15.1 Å². The number of amides is 1. The van der Waals surface area contributed by atoms with Crippen molar-refractivity contribution in [3.8, 4) is 0 Å². The molecule has 33 heavy (non-hydrogen) atoms. The predicted molar refractivity (Wildman–Crippen MR) is 132 cm³/mol. The highest BCUT2D eigenvalue weighted by Gasteiger charge is 2.33. The van der Waals surface area contributed by atoms with E-state index in [1.165, 1.54) is 25.7 Å². The molecule has 7 nitrogen and oxygen atoms in total. The Morgan fingerprint density at radius 3 is 2.52 bits per heavy atom. The van der Waals surface area contributed by atoms with Crippen LogP contribution in [0.3, 0.4) is 0 Å². The van der Waals surface area contributed by atoms with Gasteiger partial charge in [-0.1, -0.05) is 31.0 Å². The van der Waals surface area contributed by atoms with Gasteiger partial charge in [0.25, 0.3) is 5.91 Å². The Hall–Kier alpha value is -2.67. The van der Waals surface area contributed by atoms with Crippen LogP contribution in [0.25, 0.3) is 0 Å². The zero-order chi connectivity index (χ0) is 22.5. The normalized spacial score (nSPS) is 24.5. The number of nitrogens with zero attached hydrogens (tertiary/aromatic N) is 5. The number of carbonyl (C=O) groups excluding carboxylic acids is 1. The number of carbonyl (C=O) groups is 1. The van der Waals surface area contributed by atoms with Crippen LogP contribution in [-0.4, -0.2) is 77.0 Å². The van der Waals surface area contributed by atoms with Crippen LogP contribution >= 0.6 is 0 Å². The van der Waals surface area contributed by atoms with Gasteiger partial charge in [-0.25, -0.2) is 4.98 Å². The van der Waals surface area contributed by atoms with E-state index >= 15 is 0 Å². The Morgan fingerprint density at radius 1 is 0.879 bits per heavy atom. The molecule has 2 aromatic rings. The molecule has 5 rings (SSSR count). The molecule has 2 atom stereocenters. The average molecular weight is 449 g/mol. The highest BCUT2D eigenvalue weighted by molar-refractivity contribution is 5.94. The second-order valence-corrected chi connectivity index (χ2v) is 9.68. The maximum absolute atomic E-state index is 12.9. The molecule has 3 saturated heterocycles. The molecule has 1 aromatic carbocycles. The van der Waals surface area contributed by atoms with Crippen LogP contribution < -0.4 is 10.2 Å². The van der Waals surface area contributed by atoms with Crippen LogP contribution in [0, 0.1) is 0 Å². The zero-order valence-electron chi connectivity index (χ0n) is 19.5. The monoisotopic (exact) mass is 448 g/mol. The van der Waals surface area contributed by atoms with Crippen molar-refractivity contribution in [1.82, 2.24) is 19.8 Å². The lowest BCUT2D eigenvalue weighted by Crippen LogP contribution is -2.49. The molecule has 0 aliphatic carbocycles. The molecule has 0 radical (unpaired) electrons. The number of likely N-dealkylation sites (tertiary alicyclic amines) is 2. The minimum atomic E-state index is 0.160. The molecule has 4 heterocycles. The van der Waals surface area contributed by atoms with Crippen molar-refractivity contribution in [1.29, 1.82) is 0 Å². The maximum atomic E-state index is 12.9. The van der Waals surface area contributed by atoms with Crippen molar-refractivity contribution in [3.05, 3.63) is 48.2 Å². The first-order valence-corrected chi connectivity index (χ1v) is 12.7. The van der Waals surface area contributed by atoms with Gasteiger partial charge in [-0.2, -0.15) is 4.98 Å². The minimum absolute atomic E-state index is 0.160. The van der Waals surface area contributed by atoms with E-state index in [1.807, 2.05) is 47.5 Å². The van der Waals surface area contributed by atoms with E-state index in [0.29, 0.717) is 12.1 Å². The quantitative estimate of drug-likeness (QED) is 0.753. The van der Waals surface area contributed by atoms with Crippen molar-refractivity contribution >= 4 is 17.7 Å². The molecule has 3 aliphatic heterocycles. The van der Waals surface area contributed by atoms with E-state index in [1.54, 1.807) is 0 Å². The van der Waals surface area contributed by atoms with Gasteiger partial charge in [-0.05, 0) is 50.3 Å². The van der Waals surface area contributed by atoms with Crippen molar-refractivity contribution in [3.63, 3.8) is 0 Å². The Labute approximate surface area is 197 Å². The molecule has 0 bridgehead atoms. The summed E-state index contributed by atoms with van der Waals surface area (Å²) in [7, 11) is 0. The Bertz CT molecular complexity index is 914. The first-order chi connectivity index (χ1) is 16.3. The van der Waals surface area contributed by atoms with Crippen LogP contribution in [-0.2, 0) is 0 Å². The van der Waals surface area contributed by atoms with E-state index in [0.717, 1.165) is 75.9 Å². The van der Waals surface area contributed by atoms with Crippen molar-refractivity contribution < 1.29 is 4.79 Å². The molecular formula is C26H36N6O. The SMILES string of the molecule is O=C(c1ccccc1)N1CCCC(N2CCC(Nc3nccc(N4CCCCCC4)n3)C2)C1. The van der Waals surface area contributed by atoms with Gasteiger partial charge in [-0.15, -0.1) is 0 Å². The molecular weight excluding hydrogens is 412 g/mol. The summed E-state index contributed by atoms with van der Waals surface area (Å²) in [4.78, 5) is 29.3. The van der Waals surface area contributed by atoms with Crippen LogP contribution in [0.2, 0.25) is 0 Å². The van der Waals surface area contributed by atoms with Crippen LogP contribution in [0.4, 0.5) is 11.8 Å². The fraction of sp³-hybridized carbons (Fsp3) is 0.577. The average Bonchev–Trinajstić information content (AvgIpc) is 3.16. The number of nitrogens with one attached hydrogen (secondary N) is 1. The second kappa shape index (κ2) is 10.5. The van der Waals surface area contributed by atoms with Crippen LogP contribution in [0.1, 0.15) is 55.3 Å². The van der Waals surface area contributed by atoms with Crippen molar-refractivity contribution in [2.75, 3.05) is 49.5 Å². The predicted octanol–water partition coefficient (Wildman–Crippen LogP) is 3.65. The van der Waals surface area contributed by atoms with Crippen molar-refractivity contribution in [2.24, 2.45) is 0 Å². The smallest absolute Gasteiger partial charge is 0.253 e. The van der Waals surface area contributed by atoms with E-state index in [2.05, 4.69) is 20.1 Å². The Balaban J connectivity index is 1.16. The molecule has 3 fully saturated rings. The standard InChI is InChI=1S/C26H36N6O/c33-25(21-9-4-3-5-10-21)32-17-8-11-23(20-32)31-18-13-22(19-31)28-26-27-14-12-24(29-26)30-15-6-1-2-7-16-30/h3-5,9-10,12,14,22-23H,1-2,6-8,11,13,15-20H2,(H,27,28,29). The number of hydrogen-bond acceptors (Lipinski definition) is 6. The molecule has 1 aromatic heterocycles. The third-order valence-corrected chi connectivity index (χ3v) is 7.34. The lowest BCUT2D eigenvalue weighted by molar-refractivity contribution is 0.0607. The van der Waals surface area contributed by atoms with Gasteiger partial charge in [-0.3, -0.25) is 9.69 Å². The first kappa shape index (κ1) is 22.1. The van der Waals surface area contributed by atoms with E-state index in [9.17, 15) is 4.79 Å². The molecule has 3 aliphatic rings. The van der Waals surface area contributed by atoms with Crippen molar-refractivity contribution in [2.45, 2.75) is 57.0 Å². The topological polar surface area (TPSA) is 64.6 Å². The number of aromatic nitrogens is 2. The second-order valence-electron chi connectivity index (χ2n) is 9.68. The van der Waals surface area contributed by atoms with Gasteiger partial charge in [0.15, 0.2) is 0 Å². The summed E-state index contributed by atoms with van der Waals surface area (Å²) < 4.78 is 0. The fourth-order valence-corrected chi connectivity index (χ4v) is 5.51. The molecule has 1 amide bonds. The van der Waals surface area contributed by atoms with Gasteiger partial charge in [0.1, 0.15) is 5.82 Å². The lowest BCUT2D eigenvalue weighted by Gasteiger charge is -2.37. The highest BCUT2D eigenvalue weighted by atomic mass is 16.2. The van der Waals surface area contributed by atoms with E-state index < -0.39 is 0 Å². The van der Waals surface area contributed by atoms with Crippen LogP contribution in [0.5, 0.6) is 0 Å². The lowest BCUT2D eigenvalue weighted by atomic mass is 10.0. The number of piperidine rings is 1. The molecule has 1 N–H and O–H groups in total. The molecule has 176 valence electrons. The molecule has 0 saturated carbocycles. The summed E-state index contributed by atoms with van der Waals surface area (Å²) in [6, 6.07) is 12.5. The van der Waals surface area contributed by atoms with Gasteiger partial charge >= 0.3 is 0 Å². The summed E-state index contributed by atoms with van der Waals surface area (Å²) in [6.45, 7) is 5.90. The highest BCUT2D eigenvalue weighted by Crippen LogP contribution is 2.24. The van der Waals surface area contributed by atoms with Gasteiger partial charge in [0.05, 0.1) is 0 Å². The third-order valence-electron chi connectivity index (χ3n) is 7.34. The minimum Gasteiger partial charge on any atom is -0.356 e. The van der Waals surface area contributed by atoms with Gasteiger partial charge in [0.2, 0.25) is 5.95 Å².